The van der Waals surface area contributed by atoms with Gasteiger partial charge in [-0.25, -0.2) is 18.4 Å². The van der Waals surface area contributed by atoms with Crippen molar-refractivity contribution in [3.63, 3.8) is 0 Å². The quantitative estimate of drug-likeness (QED) is 0.312. The number of aromatic carboxylic acids is 1. The topological polar surface area (TPSA) is 144 Å². The molecule has 0 radical (unpaired) electrons. The Morgan fingerprint density at radius 1 is 1.21 bits per heavy atom. The second-order valence-corrected chi connectivity index (χ2v) is 8.73. The van der Waals surface area contributed by atoms with E-state index in [9.17, 15) is 33.7 Å². The van der Waals surface area contributed by atoms with Crippen molar-refractivity contribution in [2.75, 3.05) is 31.5 Å². The number of halogens is 2. The van der Waals surface area contributed by atoms with Crippen molar-refractivity contribution in [2.45, 2.75) is 38.6 Å². The van der Waals surface area contributed by atoms with Gasteiger partial charge in [-0.05, 0) is 55.5 Å². The molecule has 13 heteroatoms. The first-order valence-corrected chi connectivity index (χ1v) is 11.4. The van der Waals surface area contributed by atoms with E-state index in [1.54, 1.807) is 0 Å². The van der Waals surface area contributed by atoms with E-state index in [0.29, 0.717) is 44.1 Å². The summed E-state index contributed by atoms with van der Waals surface area (Å²) in [5, 5.41) is 33.5. The van der Waals surface area contributed by atoms with Gasteiger partial charge in [-0.3, -0.25) is 10.2 Å². The van der Waals surface area contributed by atoms with Crippen LogP contribution < -0.4 is 15.4 Å². The number of nitrogens with zero attached hydrogens (tertiary/aromatic N) is 2. The number of aliphatic hydroxyl groups is 2. The number of β-amino-alcohol motifs (C(OH)–C–C–N with tert-alkyl or cyclic N) is 2. The number of urea groups is 1. The predicted molar refractivity (Wildman–Crippen MR) is 119 cm³/mol. The smallest absolute Gasteiger partial charge is 0.344 e. The number of anilines is 1. The Bertz CT molecular complexity index is 1030. The van der Waals surface area contributed by atoms with Crippen LogP contribution in [-0.4, -0.2) is 75.0 Å². The Hall–Kier alpha value is -2.87. The Morgan fingerprint density at radius 3 is 2.59 bits per heavy atom. The van der Waals surface area contributed by atoms with Gasteiger partial charge in [0.15, 0.2) is 5.56 Å². The lowest BCUT2D eigenvalue weighted by Gasteiger charge is -2.14. The Morgan fingerprint density at radius 2 is 1.91 bits per heavy atom. The van der Waals surface area contributed by atoms with Crippen LogP contribution in [0, 0.1) is 18.6 Å². The molecule has 2 atom stereocenters. The lowest BCUT2D eigenvalue weighted by atomic mass is 10.1. The van der Waals surface area contributed by atoms with Gasteiger partial charge >= 0.3 is 12.0 Å². The number of hydrogen-bond donors (Lipinski definition) is 5. The van der Waals surface area contributed by atoms with E-state index in [-0.39, 0.29) is 27.6 Å². The van der Waals surface area contributed by atoms with Gasteiger partial charge in [-0.15, -0.1) is 0 Å². The fraction of sp³-hybridized carbons (Fsp3) is 0.476. The van der Waals surface area contributed by atoms with E-state index in [2.05, 4.69) is 15.0 Å². The van der Waals surface area contributed by atoms with Gasteiger partial charge in [0.1, 0.15) is 23.2 Å². The Kier molecular flexibility index (Phi) is 8.72. The minimum absolute atomic E-state index is 0.0596. The molecule has 2 amide bonds. The molecule has 5 N–H and O–H groups in total. The molecule has 10 nitrogen and oxygen atoms in total. The molecule has 1 aliphatic heterocycles. The summed E-state index contributed by atoms with van der Waals surface area (Å²) in [6.07, 6.45) is -0.109. The van der Waals surface area contributed by atoms with Crippen molar-refractivity contribution in [3.05, 3.63) is 40.5 Å². The second-order valence-electron chi connectivity index (χ2n) is 7.96. The van der Waals surface area contributed by atoms with Gasteiger partial charge in [0.05, 0.1) is 12.2 Å². The third-order valence-corrected chi connectivity index (χ3v) is 6.06. The zero-order chi connectivity index (χ0) is 24.8. The maximum atomic E-state index is 14.0. The number of aromatic nitrogens is 1. The number of rotatable bonds is 10. The van der Waals surface area contributed by atoms with E-state index < -0.39 is 42.4 Å². The molecular weight excluding hydrogens is 474 g/mol. The van der Waals surface area contributed by atoms with E-state index in [1.807, 2.05) is 4.90 Å². The van der Waals surface area contributed by atoms with Crippen molar-refractivity contribution in [3.8, 4) is 5.88 Å². The summed E-state index contributed by atoms with van der Waals surface area (Å²) >= 11 is 0.689. The number of likely N-dealkylation sites (tertiary alicyclic amines) is 1. The molecule has 1 aliphatic rings. The van der Waals surface area contributed by atoms with Crippen LogP contribution in [0.5, 0.6) is 5.88 Å². The number of nitrogens with one attached hydrogen (secondary N) is 2. The Balaban J connectivity index is 1.48. The molecule has 3 rings (SSSR count). The maximum Gasteiger partial charge on any atom is 0.344 e. The molecule has 0 aliphatic carbocycles. The number of aryl methyl sites for hydroxylation is 1. The average Bonchev–Trinajstić information content (AvgIpc) is 3.31. The summed E-state index contributed by atoms with van der Waals surface area (Å²) in [4.78, 5) is 25.8. The first-order valence-electron chi connectivity index (χ1n) is 10.6. The van der Waals surface area contributed by atoms with Gasteiger partial charge in [-0.1, -0.05) is 0 Å². The SMILES string of the molecule is Cc1cc(F)c(COc2nsc(NC(=O)NCCCCN3CC(O)C(O)C3)c2C(=O)O)cc1F. The normalized spacial score (nSPS) is 18.1. The van der Waals surface area contributed by atoms with Gasteiger partial charge in [0.25, 0.3) is 0 Å². The number of amides is 2. The monoisotopic (exact) mass is 500 g/mol. The fourth-order valence-electron chi connectivity index (χ4n) is 3.43. The molecule has 0 spiro atoms. The third kappa shape index (κ3) is 6.59. The first-order chi connectivity index (χ1) is 16.2. The summed E-state index contributed by atoms with van der Waals surface area (Å²) in [5.74, 6) is -3.03. The van der Waals surface area contributed by atoms with Gasteiger partial charge in [-0.2, -0.15) is 4.37 Å². The minimum atomic E-state index is -1.40. The van der Waals surface area contributed by atoms with E-state index in [0.717, 1.165) is 18.6 Å². The molecule has 2 heterocycles. The number of carbonyl (C=O) groups is 2. The maximum absolute atomic E-state index is 14.0. The zero-order valence-corrected chi connectivity index (χ0v) is 19.2. The summed E-state index contributed by atoms with van der Waals surface area (Å²) in [7, 11) is 0. The number of carbonyl (C=O) groups excluding carboxylic acids is 1. The molecule has 2 aromatic rings. The average molecular weight is 501 g/mol. The highest BCUT2D eigenvalue weighted by Gasteiger charge is 2.28. The van der Waals surface area contributed by atoms with Gasteiger partial charge in [0.2, 0.25) is 5.88 Å². The van der Waals surface area contributed by atoms with Crippen LogP contribution in [0.2, 0.25) is 0 Å². The van der Waals surface area contributed by atoms with Crippen LogP contribution in [0.3, 0.4) is 0 Å². The number of unbranched alkanes of at least 4 members (excludes halogenated alkanes) is 1. The molecule has 1 aromatic heterocycles. The molecular formula is C21H26F2N4O6S. The Labute approximate surface area is 198 Å². The molecule has 2 unspecified atom stereocenters. The van der Waals surface area contributed by atoms with Crippen molar-refractivity contribution in [2.24, 2.45) is 0 Å². The van der Waals surface area contributed by atoms with Crippen LogP contribution in [0.1, 0.15) is 34.3 Å². The summed E-state index contributed by atoms with van der Waals surface area (Å²) in [6, 6.07) is 1.36. The highest BCUT2D eigenvalue weighted by atomic mass is 32.1. The minimum Gasteiger partial charge on any atom is -0.477 e. The van der Waals surface area contributed by atoms with Gasteiger partial charge in [0, 0.05) is 25.2 Å². The van der Waals surface area contributed by atoms with Gasteiger partial charge < -0.3 is 25.4 Å². The van der Waals surface area contributed by atoms with Crippen LogP contribution >= 0.6 is 11.5 Å². The molecule has 0 bridgehead atoms. The van der Waals surface area contributed by atoms with Crippen LogP contribution in [-0.2, 0) is 6.61 Å². The van der Waals surface area contributed by atoms with E-state index >= 15 is 0 Å². The van der Waals surface area contributed by atoms with Crippen molar-refractivity contribution in [1.29, 1.82) is 0 Å². The lowest BCUT2D eigenvalue weighted by molar-refractivity contribution is 0.0572. The molecule has 1 saturated heterocycles. The zero-order valence-electron chi connectivity index (χ0n) is 18.4. The van der Waals surface area contributed by atoms with Crippen LogP contribution in [0.4, 0.5) is 18.6 Å². The number of benzene rings is 1. The number of carboxylic acids is 1. The number of hydrogen-bond acceptors (Lipinski definition) is 8. The van der Waals surface area contributed by atoms with Crippen molar-refractivity contribution < 1.29 is 38.4 Å². The first kappa shape index (κ1) is 25.7. The molecule has 1 aromatic carbocycles. The third-order valence-electron chi connectivity index (χ3n) is 5.32. The molecule has 34 heavy (non-hydrogen) atoms. The standard InChI is InChI=1S/C21H26F2N4O6S/c1-11-6-14(23)12(7-13(11)22)10-33-18-17(20(30)31)19(34-26-18)25-21(32)24-4-2-3-5-27-8-15(28)16(29)9-27/h6-7,15-16,28-29H,2-5,8-10H2,1H3,(H,30,31)(H2,24,25,32). The summed E-state index contributed by atoms with van der Waals surface area (Å²) < 4.78 is 36.9. The number of carboxylic acid groups (broad SMARTS) is 1. The van der Waals surface area contributed by atoms with Crippen molar-refractivity contribution in [1.82, 2.24) is 14.6 Å². The molecule has 1 fully saturated rings. The van der Waals surface area contributed by atoms with E-state index in [4.69, 9.17) is 4.74 Å². The lowest BCUT2D eigenvalue weighted by Crippen LogP contribution is -2.30. The summed E-state index contributed by atoms with van der Waals surface area (Å²) in [5.41, 5.74) is -0.357. The van der Waals surface area contributed by atoms with Crippen molar-refractivity contribution >= 4 is 28.5 Å². The largest absolute Gasteiger partial charge is 0.477 e. The van der Waals surface area contributed by atoms with E-state index in [1.165, 1.54) is 6.92 Å². The van der Waals surface area contributed by atoms with Crippen LogP contribution in [0.25, 0.3) is 0 Å². The highest BCUT2D eigenvalue weighted by molar-refractivity contribution is 7.11. The molecule has 186 valence electrons. The number of aliphatic hydroxyl groups excluding tert-OH is 2. The second kappa shape index (κ2) is 11.5. The summed E-state index contributed by atoms with van der Waals surface area (Å²) in [6.45, 7) is 2.79. The molecule has 0 saturated carbocycles. The highest BCUT2D eigenvalue weighted by Crippen LogP contribution is 2.31. The predicted octanol–water partition coefficient (Wildman–Crippen LogP) is 1.95. The van der Waals surface area contributed by atoms with Crippen LogP contribution in [0.15, 0.2) is 12.1 Å². The fourth-order valence-corrected chi connectivity index (χ4v) is 4.15. The number of ether oxygens (including phenoxy) is 1.